The number of hydrogen-bond acceptors (Lipinski definition) is 1. The van der Waals surface area contributed by atoms with Crippen LogP contribution in [0.25, 0.3) is 0 Å². The standard InChI is InChI=1S/C5H7F4O/c1-2-3(10)5(8,9)4(6)7/h3,10H,2H2,1H3. The molecule has 1 radical (unpaired) electrons. The first-order chi connectivity index (χ1) is 4.42. The monoisotopic (exact) mass is 159 g/mol. The molecule has 0 aromatic rings. The predicted molar refractivity (Wildman–Crippen MR) is 26.7 cm³/mol. The smallest absolute Gasteiger partial charge is 0.380 e. The number of rotatable bonds is 3. The molecule has 1 N–H and O–H groups in total. The quantitative estimate of drug-likeness (QED) is 0.622. The van der Waals surface area contributed by atoms with Crippen LogP contribution in [0.5, 0.6) is 0 Å². The Labute approximate surface area is 55.7 Å². The van der Waals surface area contributed by atoms with Crippen LogP contribution in [0, 0.1) is 6.43 Å². The zero-order chi connectivity index (χ0) is 8.36. The molecule has 0 aromatic carbocycles. The summed E-state index contributed by atoms with van der Waals surface area (Å²) in [5, 5.41) is 8.31. The Morgan fingerprint density at radius 3 is 2.00 bits per heavy atom. The Balaban J connectivity index is 4.09. The van der Waals surface area contributed by atoms with Gasteiger partial charge < -0.3 is 5.11 Å². The number of aliphatic hydroxyl groups excluding tert-OH is 1. The highest BCUT2D eigenvalue weighted by atomic mass is 19.3. The minimum atomic E-state index is -4.35. The van der Waals surface area contributed by atoms with Gasteiger partial charge in [0.15, 0.2) is 0 Å². The molecular weight excluding hydrogens is 152 g/mol. The van der Waals surface area contributed by atoms with Gasteiger partial charge in [0.1, 0.15) is 6.10 Å². The van der Waals surface area contributed by atoms with Gasteiger partial charge in [-0.3, -0.25) is 0 Å². The minimum Gasteiger partial charge on any atom is -0.387 e. The molecule has 1 atom stereocenters. The van der Waals surface area contributed by atoms with E-state index in [1.807, 2.05) is 0 Å². The summed E-state index contributed by atoms with van der Waals surface area (Å²) in [6.07, 6.45) is -5.72. The molecule has 0 aliphatic rings. The second-order valence-corrected chi connectivity index (χ2v) is 1.81. The van der Waals surface area contributed by atoms with Gasteiger partial charge in [0, 0.05) is 0 Å². The Bertz CT molecular complexity index is 104. The first-order valence-electron chi connectivity index (χ1n) is 2.67. The molecule has 0 aromatic heterocycles. The average Bonchev–Trinajstić information content (AvgIpc) is 1.86. The van der Waals surface area contributed by atoms with E-state index >= 15 is 0 Å². The lowest BCUT2D eigenvalue weighted by Crippen LogP contribution is -2.35. The van der Waals surface area contributed by atoms with Crippen molar-refractivity contribution in [2.75, 3.05) is 0 Å². The zero-order valence-corrected chi connectivity index (χ0v) is 5.24. The van der Waals surface area contributed by atoms with E-state index in [9.17, 15) is 17.6 Å². The van der Waals surface area contributed by atoms with Crippen molar-refractivity contribution in [2.24, 2.45) is 0 Å². The van der Waals surface area contributed by atoms with Gasteiger partial charge in [-0.15, -0.1) is 0 Å². The van der Waals surface area contributed by atoms with E-state index in [1.165, 1.54) is 6.92 Å². The summed E-state index contributed by atoms with van der Waals surface area (Å²) in [6, 6.07) is 0. The molecule has 0 aliphatic carbocycles. The van der Waals surface area contributed by atoms with Crippen molar-refractivity contribution < 1.29 is 22.7 Å². The van der Waals surface area contributed by atoms with Gasteiger partial charge in [0.05, 0.1) is 0 Å². The normalized spacial score (nSPS) is 15.9. The van der Waals surface area contributed by atoms with Crippen LogP contribution < -0.4 is 0 Å². The number of aliphatic hydroxyl groups is 1. The van der Waals surface area contributed by atoms with Crippen LogP contribution in [0.3, 0.4) is 0 Å². The van der Waals surface area contributed by atoms with Crippen LogP contribution in [-0.2, 0) is 0 Å². The maximum atomic E-state index is 11.9. The SMILES string of the molecule is CCC(O)C(F)(F)[C](F)F. The summed E-state index contributed by atoms with van der Waals surface area (Å²) in [7, 11) is 0. The molecule has 0 heterocycles. The van der Waals surface area contributed by atoms with Crippen molar-refractivity contribution in [1.82, 2.24) is 0 Å². The first kappa shape index (κ1) is 9.68. The van der Waals surface area contributed by atoms with Crippen LogP contribution >= 0.6 is 0 Å². The fraction of sp³-hybridized carbons (Fsp3) is 0.800. The van der Waals surface area contributed by atoms with Crippen LogP contribution in [-0.4, -0.2) is 17.1 Å². The van der Waals surface area contributed by atoms with Crippen molar-refractivity contribution in [3.8, 4) is 0 Å². The molecule has 0 saturated heterocycles. The van der Waals surface area contributed by atoms with Crippen molar-refractivity contribution in [2.45, 2.75) is 25.4 Å². The van der Waals surface area contributed by atoms with Crippen LogP contribution in [0.4, 0.5) is 17.6 Å². The summed E-state index contributed by atoms with van der Waals surface area (Å²) >= 11 is 0. The summed E-state index contributed by atoms with van der Waals surface area (Å²) in [5.74, 6) is -4.35. The van der Waals surface area contributed by atoms with E-state index in [0.29, 0.717) is 0 Å². The Hall–Kier alpha value is -0.320. The molecule has 0 aliphatic heterocycles. The molecular formula is C5H7F4O. The van der Waals surface area contributed by atoms with Gasteiger partial charge in [-0.2, -0.15) is 17.6 Å². The van der Waals surface area contributed by atoms with E-state index in [4.69, 9.17) is 5.11 Å². The van der Waals surface area contributed by atoms with Crippen LogP contribution in [0.1, 0.15) is 13.3 Å². The summed E-state index contributed by atoms with van der Waals surface area (Å²) in [4.78, 5) is 0. The summed E-state index contributed by atoms with van der Waals surface area (Å²) < 4.78 is 46.3. The van der Waals surface area contributed by atoms with Gasteiger partial charge in [0.25, 0.3) is 0 Å². The number of alkyl halides is 2. The van der Waals surface area contributed by atoms with Gasteiger partial charge >= 0.3 is 12.3 Å². The first-order valence-corrected chi connectivity index (χ1v) is 2.67. The second kappa shape index (κ2) is 3.18. The van der Waals surface area contributed by atoms with Crippen molar-refractivity contribution in [3.05, 3.63) is 6.43 Å². The fourth-order valence-electron chi connectivity index (χ4n) is 0.382. The summed E-state index contributed by atoms with van der Waals surface area (Å²) in [6.45, 7) is 1.20. The molecule has 0 fully saturated rings. The highest BCUT2D eigenvalue weighted by Gasteiger charge is 2.48. The zero-order valence-electron chi connectivity index (χ0n) is 5.24. The molecule has 10 heavy (non-hydrogen) atoms. The van der Waals surface area contributed by atoms with E-state index in [2.05, 4.69) is 0 Å². The molecule has 0 saturated carbocycles. The predicted octanol–water partition coefficient (Wildman–Crippen LogP) is 1.82. The Morgan fingerprint density at radius 1 is 1.50 bits per heavy atom. The van der Waals surface area contributed by atoms with E-state index in [0.717, 1.165) is 0 Å². The van der Waals surface area contributed by atoms with Crippen LogP contribution in [0.2, 0.25) is 0 Å². The highest BCUT2D eigenvalue weighted by molar-refractivity contribution is 4.88. The van der Waals surface area contributed by atoms with E-state index < -0.39 is 24.9 Å². The molecule has 0 spiro atoms. The lowest BCUT2D eigenvalue weighted by molar-refractivity contribution is -0.142. The van der Waals surface area contributed by atoms with Crippen molar-refractivity contribution in [3.63, 3.8) is 0 Å². The minimum absolute atomic E-state index is 0.398. The van der Waals surface area contributed by atoms with Crippen LogP contribution in [0.15, 0.2) is 0 Å². The fourth-order valence-corrected chi connectivity index (χ4v) is 0.382. The van der Waals surface area contributed by atoms with Gasteiger partial charge in [-0.25, -0.2) is 0 Å². The molecule has 0 rings (SSSR count). The topological polar surface area (TPSA) is 20.2 Å². The Morgan fingerprint density at radius 2 is 1.90 bits per heavy atom. The molecule has 0 bridgehead atoms. The van der Waals surface area contributed by atoms with Crippen molar-refractivity contribution in [1.29, 1.82) is 0 Å². The highest BCUT2D eigenvalue weighted by Crippen LogP contribution is 2.33. The molecule has 1 nitrogen and oxygen atoms in total. The summed E-state index contributed by atoms with van der Waals surface area (Å²) in [5.41, 5.74) is 0. The third-order valence-corrected chi connectivity index (χ3v) is 1.06. The molecule has 1 unspecified atom stereocenters. The van der Waals surface area contributed by atoms with Gasteiger partial charge in [-0.1, -0.05) is 6.92 Å². The van der Waals surface area contributed by atoms with E-state index in [1.54, 1.807) is 0 Å². The maximum Gasteiger partial charge on any atom is 0.380 e. The third kappa shape index (κ3) is 1.83. The number of halogens is 4. The van der Waals surface area contributed by atoms with Crippen molar-refractivity contribution >= 4 is 0 Å². The largest absolute Gasteiger partial charge is 0.387 e. The van der Waals surface area contributed by atoms with E-state index in [-0.39, 0.29) is 0 Å². The lowest BCUT2D eigenvalue weighted by atomic mass is 10.1. The van der Waals surface area contributed by atoms with Gasteiger partial charge in [0.2, 0.25) is 0 Å². The third-order valence-electron chi connectivity index (χ3n) is 1.06. The lowest BCUT2D eigenvalue weighted by Gasteiger charge is -2.18. The molecule has 5 heteroatoms. The molecule has 0 amide bonds. The average molecular weight is 159 g/mol. The maximum absolute atomic E-state index is 11.9. The number of hydrogen-bond donors (Lipinski definition) is 1. The van der Waals surface area contributed by atoms with Gasteiger partial charge in [-0.05, 0) is 6.42 Å². The Kier molecular flexibility index (Phi) is 3.08. The second-order valence-electron chi connectivity index (χ2n) is 1.81. The molecule has 61 valence electrons.